The Morgan fingerprint density at radius 2 is 2.12 bits per heavy atom. The van der Waals surface area contributed by atoms with Crippen molar-refractivity contribution in [1.29, 1.82) is 5.26 Å². The molecule has 17 heavy (non-hydrogen) atoms. The topological polar surface area (TPSA) is 108 Å². The van der Waals surface area contributed by atoms with Crippen molar-refractivity contribution in [2.75, 3.05) is 5.32 Å². The molecule has 84 valence electrons. The molecular formula is C11H8N4O2. The number of fused-ring (bicyclic) bond motifs is 1. The first-order chi connectivity index (χ1) is 8.19. The molecule has 6 heteroatoms. The lowest BCUT2D eigenvalue weighted by atomic mass is 10.0. The monoisotopic (exact) mass is 228 g/mol. The molecule has 0 aromatic heterocycles. The molecule has 0 atom stereocenters. The average Bonchev–Trinajstić information content (AvgIpc) is 2.67. The number of carbonyl (C=O) groups excluding carboxylic acids is 2. The van der Waals surface area contributed by atoms with E-state index in [1.165, 1.54) is 0 Å². The third kappa shape index (κ3) is 1.64. The van der Waals surface area contributed by atoms with Crippen LogP contribution in [0.15, 0.2) is 29.8 Å². The molecule has 0 saturated carbocycles. The third-order valence-corrected chi connectivity index (χ3v) is 2.39. The van der Waals surface area contributed by atoms with Gasteiger partial charge in [-0.2, -0.15) is 5.26 Å². The second kappa shape index (κ2) is 4.08. The van der Waals surface area contributed by atoms with Gasteiger partial charge >= 0.3 is 0 Å². The van der Waals surface area contributed by atoms with Crippen LogP contribution in [0.25, 0.3) is 5.57 Å². The molecule has 2 amide bonds. The van der Waals surface area contributed by atoms with Crippen LogP contribution in [-0.2, 0) is 9.59 Å². The molecule has 1 aromatic rings. The number of hydrazine groups is 1. The highest BCUT2D eigenvalue weighted by Gasteiger charge is 2.29. The summed E-state index contributed by atoms with van der Waals surface area (Å²) in [6, 6.07) is 8.50. The van der Waals surface area contributed by atoms with Gasteiger partial charge in [0.25, 0.3) is 11.8 Å². The molecular weight excluding hydrogens is 220 g/mol. The number of hydrogen-bond acceptors (Lipinski definition) is 4. The van der Waals surface area contributed by atoms with E-state index in [1.807, 2.05) is 5.43 Å². The number of hydrogen-bond donors (Lipinski definition) is 3. The second-order valence-electron chi connectivity index (χ2n) is 3.33. The molecule has 1 aromatic carbocycles. The standard InChI is InChI=1S/C11H8N4O2/c12-5-7(10(16)15-13)9-6-3-1-2-4-8(6)14-11(9)17/h1-4H,13H2,(H,14,17)(H,15,16). The fourth-order valence-corrected chi connectivity index (χ4v) is 1.66. The molecule has 0 unspecified atom stereocenters. The van der Waals surface area contributed by atoms with Crippen molar-refractivity contribution in [2.45, 2.75) is 0 Å². The van der Waals surface area contributed by atoms with E-state index < -0.39 is 11.8 Å². The van der Waals surface area contributed by atoms with Crippen LogP contribution in [0.3, 0.4) is 0 Å². The minimum atomic E-state index is -0.783. The molecule has 1 aliphatic heterocycles. The zero-order chi connectivity index (χ0) is 12.4. The Morgan fingerprint density at radius 3 is 2.76 bits per heavy atom. The van der Waals surface area contributed by atoms with Crippen LogP contribution >= 0.6 is 0 Å². The number of rotatable bonds is 1. The molecule has 0 radical (unpaired) electrons. The number of carbonyl (C=O) groups is 2. The number of anilines is 1. The van der Waals surface area contributed by atoms with E-state index in [-0.39, 0.29) is 11.1 Å². The first-order valence-electron chi connectivity index (χ1n) is 4.75. The number of nitrogens with one attached hydrogen (secondary N) is 2. The SMILES string of the molecule is N#CC(C(=O)NN)=C1C(=O)Nc2ccccc21. The number of nitriles is 1. The lowest BCUT2D eigenvalue weighted by Crippen LogP contribution is -2.32. The van der Waals surface area contributed by atoms with E-state index >= 15 is 0 Å². The van der Waals surface area contributed by atoms with E-state index in [1.54, 1.807) is 30.3 Å². The molecule has 0 fully saturated rings. The van der Waals surface area contributed by atoms with Gasteiger partial charge in [0.1, 0.15) is 11.6 Å². The first kappa shape index (κ1) is 10.9. The van der Waals surface area contributed by atoms with E-state index in [9.17, 15) is 9.59 Å². The fraction of sp³-hybridized carbons (Fsp3) is 0. The number of nitrogens with zero attached hydrogens (tertiary/aromatic N) is 1. The maximum atomic E-state index is 11.7. The van der Waals surface area contributed by atoms with Crippen LogP contribution in [-0.4, -0.2) is 11.8 Å². The van der Waals surface area contributed by atoms with Crippen LogP contribution in [0, 0.1) is 11.3 Å². The zero-order valence-electron chi connectivity index (χ0n) is 8.65. The lowest BCUT2D eigenvalue weighted by molar-refractivity contribution is -0.117. The van der Waals surface area contributed by atoms with Gasteiger partial charge in [-0.05, 0) is 6.07 Å². The van der Waals surface area contributed by atoms with Crippen LogP contribution in [0.5, 0.6) is 0 Å². The summed E-state index contributed by atoms with van der Waals surface area (Å²) < 4.78 is 0. The van der Waals surface area contributed by atoms with Crippen LogP contribution in [0.1, 0.15) is 5.56 Å². The largest absolute Gasteiger partial charge is 0.321 e. The van der Waals surface area contributed by atoms with E-state index in [4.69, 9.17) is 11.1 Å². The summed E-state index contributed by atoms with van der Waals surface area (Å²) in [5, 5.41) is 11.5. The Hall–Kier alpha value is -2.65. The van der Waals surface area contributed by atoms with Crippen molar-refractivity contribution < 1.29 is 9.59 Å². The van der Waals surface area contributed by atoms with Crippen molar-refractivity contribution in [3.63, 3.8) is 0 Å². The average molecular weight is 228 g/mol. The van der Waals surface area contributed by atoms with Crippen molar-refractivity contribution in [2.24, 2.45) is 5.84 Å². The minimum absolute atomic E-state index is 0.0473. The summed E-state index contributed by atoms with van der Waals surface area (Å²) in [5.74, 6) is 3.70. The zero-order valence-corrected chi connectivity index (χ0v) is 8.65. The van der Waals surface area contributed by atoms with Crippen molar-refractivity contribution >= 4 is 23.1 Å². The van der Waals surface area contributed by atoms with Crippen molar-refractivity contribution in [3.8, 4) is 6.07 Å². The Bertz CT molecular complexity index is 583. The molecule has 6 nitrogen and oxygen atoms in total. The van der Waals surface area contributed by atoms with Crippen LogP contribution < -0.4 is 16.6 Å². The van der Waals surface area contributed by atoms with E-state index in [2.05, 4.69) is 5.32 Å². The highest BCUT2D eigenvalue weighted by molar-refractivity contribution is 6.36. The fourth-order valence-electron chi connectivity index (χ4n) is 1.66. The van der Waals surface area contributed by atoms with Gasteiger partial charge in [-0.3, -0.25) is 15.0 Å². The predicted octanol–water partition coefficient (Wildman–Crippen LogP) is -0.0942. The van der Waals surface area contributed by atoms with Crippen LogP contribution in [0.4, 0.5) is 5.69 Å². The maximum absolute atomic E-state index is 11.7. The molecule has 4 N–H and O–H groups in total. The number of nitrogens with two attached hydrogens (primary N) is 1. The van der Waals surface area contributed by atoms with Gasteiger partial charge in [-0.25, -0.2) is 5.84 Å². The Kier molecular flexibility index (Phi) is 2.60. The summed E-state index contributed by atoms with van der Waals surface area (Å²) in [6.07, 6.45) is 0. The van der Waals surface area contributed by atoms with Gasteiger partial charge in [0.05, 0.1) is 5.57 Å². The van der Waals surface area contributed by atoms with Crippen molar-refractivity contribution in [1.82, 2.24) is 5.43 Å². The molecule has 0 saturated heterocycles. The summed E-state index contributed by atoms with van der Waals surface area (Å²) in [4.78, 5) is 23.1. The van der Waals surface area contributed by atoms with Gasteiger partial charge < -0.3 is 5.32 Å². The summed E-state index contributed by atoms with van der Waals surface area (Å²) >= 11 is 0. The number of benzene rings is 1. The summed E-state index contributed by atoms with van der Waals surface area (Å²) in [6.45, 7) is 0. The van der Waals surface area contributed by atoms with Gasteiger partial charge in [-0.1, -0.05) is 18.2 Å². The van der Waals surface area contributed by atoms with Gasteiger partial charge in [0.15, 0.2) is 0 Å². The number of amides is 2. The van der Waals surface area contributed by atoms with Crippen LogP contribution in [0.2, 0.25) is 0 Å². The molecule has 0 bridgehead atoms. The Labute approximate surface area is 96.7 Å². The smallest absolute Gasteiger partial charge is 0.276 e. The normalized spacial score (nSPS) is 15.6. The Balaban J connectivity index is 2.67. The first-order valence-corrected chi connectivity index (χ1v) is 4.75. The molecule has 0 aliphatic carbocycles. The van der Waals surface area contributed by atoms with Gasteiger partial charge in [-0.15, -0.1) is 0 Å². The molecule has 0 spiro atoms. The lowest BCUT2D eigenvalue weighted by Gasteiger charge is -2.01. The summed E-state index contributed by atoms with van der Waals surface area (Å²) in [7, 11) is 0. The van der Waals surface area contributed by atoms with Crippen molar-refractivity contribution in [3.05, 3.63) is 35.4 Å². The second-order valence-corrected chi connectivity index (χ2v) is 3.33. The van der Waals surface area contributed by atoms with Gasteiger partial charge in [0.2, 0.25) is 0 Å². The minimum Gasteiger partial charge on any atom is -0.321 e. The third-order valence-electron chi connectivity index (χ3n) is 2.39. The highest BCUT2D eigenvalue weighted by Crippen LogP contribution is 2.33. The molecule has 1 aliphatic rings. The Morgan fingerprint density at radius 1 is 1.41 bits per heavy atom. The summed E-state index contributed by atoms with van der Waals surface area (Å²) in [5.41, 5.74) is 2.70. The van der Waals surface area contributed by atoms with E-state index in [0.717, 1.165) is 0 Å². The maximum Gasteiger partial charge on any atom is 0.276 e. The highest BCUT2D eigenvalue weighted by atomic mass is 16.2. The molecule has 1 heterocycles. The van der Waals surface area contributed by atoms with E-state index in [0.29, 0.717) is 11.3 Å². The van der Waals surface area contributed by atoms with Gasteiger partial charge in [0, 0.05) is 11.3 Å². The molecule has 2 rings (SSSR count). The number of para-hydroxylation sites is 1. The quantitative estimate of drug-likeness (QED) is 0.205. The predicted molar refractivity (Wildman–Crippen MR) is 59.9 cm³/mol.